The average Bonchev–Trinajstić information content (AvgIpc) is 2.43. The molecule has 0 bridgehead atoms. The second-order valence-corrected chi connectivity index (χ2v) is 4.31. The fraction of sp³-hybridized carbons (Fsp3) is 0.429. The first-order valence-corrected chi connectivity index (χ1v) is 6.35. The van der Waals surface area contributed by atoms with Crippen molar-refractivity contribution in [1.29, 1.82) is 5.26 Å². The first-order valence-electron chi connectivity index (χ1n) is 6.35. The number of carbonyl (C=O) groups excluding carboxylic acids is 1. The lowest BCUT2D eigenvalue weighted by atomic mass is 10.0. The maximum Gasteiger partial charge on any atom is 0.319 e. The summed E-state index contributed by atoms with van der Waals surface area (Å²) < 4.78 is 0. The van der Waals surface area contributed by atoms with Crippen molar-refractivity contribution in [3.63, 3.8) is 0 Å². The van der Waals surface area contributed by atoms with E-state index in [0.717, 1.165) is 6.42 Å². The van der Waals surface area contributed by atoms with Crippen LogP contribution in [0.2, 0.25) is 0 Å². The third kappa shape index (κ3) is 5.40. The van der Waals surface area contributed by atoms with Gasteiger partial charge in [-0.3, -0.25) is 0 Å². The van der Waals surface area contributed by atoms with Crippen LogP contribution in [0.5, 0.6) is 0 Å². The minimum absolute atomic E-state index is 0.131. The van der Waals surface area contributed by atoms with E-state index in [1.165, 1.54) is 0 Å². The van der Waals surface area contributed by atoms with Gasteiger partial charge in [-0.05, 0) is 30.5 Å². The van der Waals surface area contributed by atoms with E-state index in [9.17, 15) is 4.79 Å². The molecule has 1 aromatic carbocycles. The summed E-state index contributed by atoms with van der Waals surface area (Å²) in [6.45, 7) is 2.68. The number of nitrogens with one attached hydrogen (secondary N) is 2. The fourth-order valence-corrected chi connectivity index (χ4v) is 1.71. The molecule has 5 heteroatoms. The Morgan fingerprint density at radius 2 is 2.32 bits per heavy atom. The number of aliphatic hydroxyl groups is 1. The third-order valence-corrected chi connectivity index (χ3v) is 2.92. The van der Waals surface area contributed by atoms with E-state index in [1.54, 1.807) is 24.3 Å². The second kappa shape index (κ2) is 8.11. The van der Waals surface area contributed by atoms with Crippen molar-refractivity contribution in [2.24, 2.45) is 5.92 Å². The Bertz CT molecular complexity index is 454. The zero-order valence-electron chi connectivity index (χ0n) is 11.0. The smallest absolute Gasteiger partial charge is 0.319 e. The van der Waals surface area contributed by atoms with Crippen molar-refractivity contribution in [3.05, 3.63) is 29.8 Å². The molecule has 0 aliphatic rings. The highest BCUT2D eigenvalue weighted by Gasteiger charge is 2.08. The number of nitrogens with zero attached hydrogens (tertiary/aromatic N) is 1. The van der Waals surface area contributed by atoms with Crippen molar-refractivity contribution in [3.8, 4) is 6.07 Å². The highest BCUT2D eigenvalue weighted by molar-refractivity contribution is 5.89. The minimum Gasteiger partial charge on any atom is -0.396 e. The summed E-state index contributed by atoms with van der Waals surface area (Å²) in [4.78, 5) is 11.7. The molecule has 0 fully saturated rings. The predicted molar refractivity (Wildman–Crippen MR) is 73.7 cm³/mol. The molecular formula is C14H19N3O2. The number of carbonyl (C=O) groups is 1. The van der Waals surface area contributed by atoms with E-state index < -0.39 is 0 Å². The summed E-state index contributed by atoms with van der Waals surface area (Å²) in [5.41, 5.74) is 1.09. The molecule has 0 radical (unpaired) electrons. The molecule has 0 spiro atoms. The van der Waals surface area contributed by atoms with Gasteiger partial charge in [0.05, 0.1) is 11.6 Å². The van der Waals surface area contributed by atoms with E-state index in [2.05, 4.69) is 10.6 Å². The summed E-state index contributed by atoms with van der Waals surface area (Å²) in [6, 6.07) is 8.46. The highest BCUT2D eigenvalue weighted by atomic mass is 16.3. The number of hydrogen-bond donors (Lipinski definition) is 3. The number of anilines is 1. The zero-order valence-corrected chi connectivity index (χ0v) is 11.0. The molecule has 0 aromatic heterocycles. The predicted octanol–water partition coefficient (Wildman–Crippen LogP) is 2.09. The first kappa shape index (κ1) is 15.0. The third-order valence-electron chi connectivity index (χ3n) is 2.92. The fourth-order valence-electron chi connectivity index (χ4n) is 1.71. The van der Waals surface area contributed by atoms with Gasteiger partial charge < -0.3 is 15.7 Å². The van der Waals surface area contributed by atoms with Gasteiger partial charge in [0.15, 0.2) is 0 Å². The number of nitriles is 1. The Labute approximate surface area is 113 Å². The molecule has 1 aromatic rings. The maximum atomic E-state index is 11.7. The van der Waals surface area contributed by atoms with Gasteiger partial charge in [0.25, 0.3) is 0 Å². The van der Waals surface area contributed by atoms with E-state index in [0.29, 0.717) is 24.2 Å². The van der Waals surface area contributed by atoms with E-state index >= 15 is 0 Å². The van der Waals surface area contributed by atoms with Gasteiger partial charge in [0.1, 0.15) is 0 Å². The molecule has 0 saturated heterocycles. The zero-order chi connectivity index (χ0) is 14.1. The Morgan fingerprint density at radius 3 is 2.95 bits per heavy atom. The van der Waals surface area contributed by atoms with Gasteiger partial charge >= 0.3 is 6.03 Å². The van der Waals surface area contributed by atoms with Crippen LogP contribution in [0, 0.1) is 17.2 Å². The largest absolute Gasteiger partial charge is 0.396 e. The van der Waals surface area contributed by atoms with Crippen molar-refractivity contribution >= 4 is 11.7 Å². The molecule has 5 nitrogen and oxygen atoms in total. The molecule has 3 N–H and O–H groups in total. The van der Waals surface area contributed by atoms with Crippen LogP contribution in [-0.2, 0) is 0 Å². The monoisotopic (exact) mass is 261 g/mol. The number of amides is 2. The highest BCUT2D eigenvalue weighted by Crippen LogP contribution is 2.10. The summed E-state index contributed by atoms with van der Waals surface area (Å²) in [5, 5.41) is 23.1. The van der Waals surface area contributed by atoms with E-state index in [-0.39, 0.29) is 18.6 Å². The van der Waals surface area contributed by atoms with Gasteiger partial charge in [0.2, 0.25) is 0 Å². The topological polar surface area (TPSA) is 85.2 Å². The normalized spacial score (nSPS) is 11.4. The Kier molecular flexibility index (Phi) is 6.41. The lowest BCUT2D eigenvalue weighted by Crippen LogP contribution is -2.33. The van der Waals surface area contributed by atoms with Crippen LogP contribution >= 0.6 is 0 Å². The maximum absolute atomic E-state index is 11.7. The van der Waals surface area contributed by atoms with Gasteiger partial charge in [-0.2, -0.15) is 5.26 Å². The summed E-state index contributed by atoms with van der Waals surface area (Å²) >= 11 is 0. The van der Waals surface area contributed by atoms with Crippen molar-refractivity contribution < 1.29 is 9.90 Å². The number of aliphatic hydroxyl groups excluding tert-OH is 1. The minimum atomic E-state index is -0.300. The Hall–Kier alpha value is -2.06. The molecular weight excluding hydrogens is 242 g/mol. The standard InChI is InChI=1S/C14H19N3O2/c1-2-11(6-7-18)10-16-14(19)17-13-5-3-4-12(8-13)9-15/h3-5,8,11,18H,2,6-7,10H2,1H3,(H2,16,17,19). The van der Waals surface area contributed by atoms with Crippen LogP contribution in [0.15, 0.2) is 24.3 Å². The molecule has 1 rings (SSSR count). The molecule has 102 valence electrons. The van der Waals surface area contributed by atoms with E-state index in [1.807, 2.05) is 13.0 Å². The first-order chi connectivity index (χ1) is 9.19. The van der Waals surface area contributed by atoms with E-state index in [4.69, 9.17) is 10.4 Å². The van der Waals surface area contributed by atoms with Crippen LogP contribution in [-0.4, -0.2) is 24.3 Å². The second-order valence-electron chi connectivity index (χ2n) is 4.31. The molecule has 19 heavy (non-hydrogen) atoms. The number of urea groups is 1. The molecule has 0 saturated carbocycles. The molecule has 2 amide bonds. The van der Waals surface area contributed by atoms with Crippen LogP contribution in [0.1, 0.15) is 25.3 Å². The van der Waals surface area contributed by atoms with Crippen molar-refractivity contribution in [2.45, 2.75) is 19.8 Å². The van der Waals surface area contributed by atoms with Crippen molar-refractivity contribution in [1.82, 2.24) is 5.32 Å². The molecule has 0 aliphatic carbocycles. The average molecular weight is 261 g/mol. The molecule has 0 aliphatic heterocycles. The molecule has 1 atom stereocenters. The Balaban J connectivity index is 2.44. The number of rotatable bonds is 6. The van der Waals surface area contributed by atoms with Crippen molar-refractivity contribution in [2.75, 3.05) is 18.5 Å². The SMILES string of the molecule is CCC(CCO)CNC(=O)Nc1cccc(C#N)c1. The van der Waals surface area contributed by atoms with Gasteiger partial charge in [-0.1, -0.05) is 19.4 Å². The summed E-state index contributed by atoms with van der Waals surface area (Å²) in [7, 11) is 0. The number of hydrogen-bond acceptors (Lipinski definition) is 3. The van der Waals surface area contributed by atoms with Gasteiger partial charge in [0, 0.05) is 18.8 Å². The van der Waals surface area contributed by atoms with Gasteiger partial charge in [-0.15, -0.1) is 0 Å². The number of benzene rings is 1. The lowest BCUT2D eigenvalue weighted by Gasteiger charge is -2.14. The quantitative estimate of drug-likeness (QED) is 0.733. The summed E-state index contributed by atoms with van der Waals surface area (Å²) in [5.74, 6) is 0.279. The summed E-state index contributed by atoms with van der Waals surface area (Å²) in [6.07, 6.45) is 1.59. The Morgan fingerprint density at radius 1 is 1.53 bits per heavy atom. The van der Waals surface area contributed by atoms with Crippen LogP contribution in [0.3, 0.4) is 0 Å². The van der Waals surface area contributed by atoms with Crippen LogP contribution in [0.25, 0.3) is 0 Å². The molecule has 1 unspecified atom stereocenters. The molecule has 0 heterocycles. The lowest BCUT2D eigenvalue weighted by molar-refractivity contribution is 0.238. The van der Waals surface area contributed by atoms with Crippen LogP contribution in [0.4, 0.5) is 10.5 Å². The van der Waals surface area contributed by atoms with Gasteiger partial charge in [-0.25, -0.2) is 4.79 Å². The van der Waals surface area contributed by atoms with Crippen LogP contribution < -0.4 is 10.6 Å².